The van der Waals surface area contributed by atoms with Gasteiger partial charge >= 0.3 is 0 Å². The number of hydrogen-bond donors (Lipinski definition) is 1. The highest BCUT2D eigenvalue weighted by Crippen LogP contribution is 2.14. The summed E-state index contributed by atoms with van der Waals surface area (Å²) in [5.41, 5.74) is 1.33. The molecule has 0 aliphatic carbocycles. The number of anilines is 1. The summed E-state index contributed by atoms with van der Waals surface area (Å²) < 4.78 is 26.4. The summed E-state index contributed by atoms with van der Waals surface area (Å²) in [4.78, 5) is 4.21. The first-order valence-electron chi connectivity index (χ1n) is 4.95. The minimum atomic E-state index is -0.864. The molecule has 5 heteroatoms. The number of nitrogens with one attached hydrogen (secondary N) is 1. The molecule has 0 atom stereocenters. The molecule has 0 aliphatic rings. The maximum absolute atomic E-state index is 12.9. The van der Waals surface area contributed by atoms with Crippen molar-refractivity contribution in [3.05, 3.63) is 58.3 Å². The molecule has 0 amide bonds. The van der Waals surface area contributed by atoms with Crippen molar-refractivity contribution in [3.63, 3.8) is 0 Å². The van der Waals surface area contributed by atoms with Crippen molar-refractivity contribution in [3.8, 4) is 0 Å². The van der Waals surface area contributed by atoms with Crippen molar-refractivity contribution in [2.75, 3.05) is 5.32 Å². The molecular weight excluding hydrogens is 290 g/mol. The Hall–Kier alpha value is -1.49. The normalized spacial score (nSPS) is 10.3. The Morgan fingerprint density at radius 2 is 1.94 bits per heavy atom. The van der Waals surface area contributed by atoms with E-state index in [0.29, 0.717) is 12.2 Å². The zero-order valence-electron chi connectivity index (χ0n) is 8.75. The summed E-state index contributed by atoms with van der Waals surface area (Å²) in [6, 6.07) is 9.22. The van der Waals surface area contributed by atoms with Crippen LogP contribution in [-0.4, -0.2) is 4.98 Å². The van der Waals surface area contributed by atoms with Crippen LogP contribution in [0.4, 0.5) is 14.5 Å². The average Bonchev–Trinajstić information content (AvgIpc) is 2.31. The van der Waals surface area contributed by atoms with Crippen molar-refractivity contribution < 1.29 is 8.78 Å². The zero-order chi connectivity index (χ0) is 12.3. The number of pyridine rings is 1. The molecule has 0 bridgehead atoms. The lowest BCUT2D eigenvalue weighted by Gasteiger charge is -2.06. The Bertz CT molecular complexity index is 532. The molecule has 88 valence electrons. The smallest absolute Gasteiger partial charge is 0.160 e. The lowest BCUT2D eigenvalue weighted by atomic mass is 10.3. The highest BCUT2D eigenvalue weighted by Gasteiger charge is 2.02. The Morgan fingerprint density at radius 3 is 2.65 bits per heavy atom. The van der Waals surface area contributed by atoms with E-state index >= 15 is 0 Å². The molecule has 1 heterocycles. The van der Waals surface area contributed by atoms with E-state index in [0.717, 1.165) is 22.4 Å². The number of benzene rings is 1. The topological polar surface area (TPSA) is 24.9 Å². The second kappa shape index (κ2) is 5.23. The summed E-state index contributed by atoms with van der Waals surface area (Å²) in [6.45, 7) is 0.449. The third kappa shape index (κ3) is 3.23. The maximum atomic E-state index is 12.9. The molecule has 17 heavy (non-hydrogen) atoms. The molecular formula is C12H9BrF2N2. The van der Waals surface area contributed by atoms with E-state index in [-0.39, 0.29) is 0 Å². The molecule has 0 radical (unpaired) electrons. The van der Waals surface area contributed by atoms with Gasteiger partial charge in [0.15, 0.2) is 11.6 Å². The summed E-state index contributed by atoms with van der Waals surface area (Å²) >= 11 is 3.26. The molecule has 0 aliphatic heterocycles. The average molecular weight is 299 g/mol. The minimum absolute atomic E-state index is 0.449. The van der Waals surface area contributed by atoms with Crippen LogP contribution >= 0.6 is 15.9 Å². The molecule has 0 saturated heterocycles. The summed E-state index contributed by atoms with van der Waals surface area (Å²) in [5, 5.41) is 2.97. The Balaban J connectivity index is 2.05. The van der Waals surface area contributed by atoms with Crippen LogP contribution in [0.25, 0.3) is 0 Å². The zero-order valence-corrected chi connectivity index (χ0v) is 10.3. The minimum Gasteiger partial charge on any atom is -0.379 e. The third-order valence-electron chi connectivity index (χ3n) is 2.17. The van der Waals surface area contributed by atoms with Gasteiger partial charge < -0.3 is 5.32 Å². The van der Waals surface area contributed by atoms with Gasteiger partial charge in [0.25, 0.3) is 0 Å². The Labute approximate surface area is 106 Å². The lowest BCUT2D eigenvalue weighted by molar-refractivity contribution is 0.509. The molecule has 0 fully saturated rings. The number of hydrogen-bond acceptors (Lipinski definition) is 2. The van der Waals surface area contributed by atoms with E-state index in [4.69, 9.17) is 0 Å². The van der Waals surface area contributed by atoms with Gasteiger partial charge in [-0.15, -0.1) is 0 Å². The molecule has 1 N–H and O–H groups in total. The molecule has 0 unspecified atom stereocenters. The van der Waals surface area contributed by atoms with Crippen LogP contribution in [0.15, 0.2) is 41.0 Å². The van der Waals surface area contributed by atoms with E-state index in [1.165, 1.54) is 6.07 Å². The fourth-order valence-corrected chi connectivity index (χ4v) is 1.73. The van der Waals surface area contributed by atoms with Gasteiger partial charge in [-0.05, 0) is 40.2 Å². The second-order valence-electron chi connectivity index (χ2n) is 3.43. The van der Waals surface area contributed by atoms with E-state index in [1.54, 1.807) is 0 Å². The first-order chi connectivity index (χ1) is 8.15. The van der Waals surface area contributed by atoms with Crippen LogP contribution in [0.3, 0.4) is 0 Å². The van der Waals surface area contributed by atoms with Crippen LogP contribution in [-0.2, 0) is 6.54 Å². The quantitative estimate of drug-likeness (QED) is 0.873. The van der Waals surface area contributed by atoms with E-state index in [1.807, 2.05) is 18.2 Å². The number of rotatable bonds is 3. The van der Waals surface area contributed by atoms with Crippen molar-refractivity contribution in [2.45, 2.75) is 6.54 Å². The molecule has 0 saturated carbocycles. The van der Waals surface area contributed by atoms with Gasteiger partial charge in [-0.2, -0.15) is 0 Å². The number of halogens is 3. The third-order valence-corrected chi connectivity index (χ3v) is 2.61. The predicted octanol–water partition coefficient (Wildman–Crippen LogP) is 3.73. The van der Waals surface area contributed by atoms with E-state index < -0.39 is 11.6 Å². The van der Waals surface area contributed by atoms with Gasteiger partial charge in [-0.1, -0.05) is 6.07 Å². The lowest BCUT2D eigenvalue weighted by Crippen LogP contribution is -2.02. The number of aromatic nitrogens is 1. The van der Waals surface area contributed by atoms with E-state index in [9.17, 15) is 8.78 Å². The summed E-state index contributed by atoms with van der Waals surface area (Å²) in [6.07, 6.45) is 0. The summed E-state index contributed by atoms with van der Waals surface area (Å²) in [5.74, 6) is -1.71. The fourth-order valence-electron chi connectivity index (χ4n) is 1.35. The SMILES string of the molecule is Fc1ccc(NCc2cccc(Br)n2)cc1F. The predicted molar refractivity (Wildman–Crippen MR) is 65.6 cm³/mol. The van der Waals surface area contributed by atoms with Crippen LogP contribution in [0.1, 0.15) is 5.69 Å². The van der Waals surface area contributed by atoms with Crippen molar-refractivity contribution in [2.24, 2.45) is 0 Å². The highest BCUT2D eigenvalue weighted by molar-refractivity contribution is 9.10. The van der Waals surface area contributed by atoms with E-state index in [2.05, 4.69) is 26.2 Å². The van der Waals surface area contributed by atoms with Crippen LogP contribution in [0.5, 0.6) is 0 Å². The van der Waals surface area contributed by atoms with Gasteiger partial charge in [-0.25, -0.2) is 13.8 Å². The van der Waals surface area contributed by atoms with Crippen LogP contribution in [0.2, 0.25) is 0 Å². The summed E-state index contributed by atoms with van der Waals surface area (Å²) in [7, 11) is 0. The van der Waals surface area contributed by atoms with Gasteiger partial charge in [0.2, 0.25) is 0 Å². The highest BCUT2D eigenvalue weighted by atomic mass is 79.9. The van der Waals surface area contributed by atoms with Gasteiger partial charge in [0.1, 0.15) is 4.60 Å². The molecule has 2 nitrogen and oxygen atoms in total. The maximum Gasteiger partial charge on any atom is 0.160 e. The van der Waals surface area contributed by atoms with Crippen molar-refractivity contribution >= 4 is 21.6 Å². The first kappa shape index (κ1) is 12.0. The van der Waals surface area contributed by atoms with Gasteiger partial charge in [-0.3, -0.25) is 0 Å². The molecule has 0 spiro atoms. The second-order valence-corrected chi connectivity index (χ2v) is 4.25. The molecule has 1 aromatic carbocycles. The van der Waals surface area contributed by atoms with Gasteiger partial charge in [0.05, 0.1) is 12.2 Å². The Kier molecular flexibility index (Phi) is 3.68. The van der Waals surface area contributed by atoms with Crippen LogP contribution in [0, 0.1) is 11.6 Å². The standard InChI is InChI=1S/C12H9BrF2N2/c13-12-3-1-2-9(17-12)7-16-8-4-5-10(14)11(15)6-8/h1-6,16H,7H2. The monoisotopic (exact) mass is 298 g/mol. The largest absolute Gasteiger partial charge is 0.379 e. The van der Waals surface area contributed by atoms with Gasteiger partial charge in [0, 0.05) is 11.8 Å². The van der Waals surface area contributed by atoms with Crippen molar-refractivity contribution in [1.82, 2.24) is 4.98 Å². The Morgan fingerprint density at radius 1 is 1.12 bits per heavy atom. The van der Waals surface area contributed by atoms with Crippen LogP contribution < -0.4 is 5.32 Å². The number of nitrogens with zero attached hydrogens (tertiary/aromatic N) is 1. The first-order valence-corrected chi connectivity index (χ1v) is 5.75. The fraction of sp³-hybridized carbons (Fsp3) is 0.0833. The molecule has 2 aromatic rings. The van der Waals surface area contributed by atoms with Crippen molar-refractivity contribution in [1.29, 1.82) is 0 Å². The molecule has 2 rings (SSSR count). The molecule has 1 aromatic heterocycles.